The van der Waals surface area contributed by atoms with Crippen LogP contribution in [0.2, 0.25) is 0 Å². The lowest BCUT2D eigenvalue weighted by atomic mass is 10.1. The Morgan fingerprint density at radius 3 is 2.62 bits per heavy atom. The van der Waals surface area contributed by atoms with Gasteiger partial charge in [0.25, 0.3) is 0 Å². The van der Waals surface area contributed by atoms with Gasteiger partial charge in [0.15, 0.2) is 6.29 Å². The molecule has 0 saturated carbocycles. The molecule has 2 rings (SSSR count). The van der Waals surface area contributed by atoms with Crippen molar-refractivity contribution in [3.63, 3.8) is 0 Å². The Balaban J connectivity index is 2.76. The molecule has 0 unspecified atom stereocenters. The molecule has 2 N–H and O–H groups in total. The van der Waals surface area contributed by atoms with Gasteiger partial charge in [-0.05, 0) is 6.07 Å². The Bertz CT molecular complexity index is 421. The van der Waals surface area contributed by atoms with E-state index in [4.69, 9.17) is 10.2 Å². The van der Waals surface area contributed by atoms with Gasteiger partial charge in [-0.2, -0.15) is 0 Å². The second-order valence-electron chi connectivity index (χ2n) is 2.80. The van der Waals surface area contributed by atoms with Gasteiger partial charge < -0.3 is 10.2 Å². The van der Waals surface area contributed by atoms with Crippen molar-refractivity contribution in [2.24, 2.45) is 0 Å². The molecule has 0 radical (unpaired) electrons. The minimum atomic E-state index is -1.46. The Labute approximate surface area is 75.3 Å². The second kappa shape index (κ2) is 3.12. The number of aliphatic hydroxyl groups is 2. The molecule has 0 aliphatic carbocycles. The lowest BCUT2D eigenvalue weighted by Crippen LogP contribution is -1.96. The molecule has 1 aromatic carbocycles. The number of hydrogen-bond acceptors (Lipinski definition) is 3. The third kappa shape index (κ3) is 1.39. The van der Waals surface area contributed by atoms with Crippen molar-refractivity contribution >= 4 is 10.9 Å². The molecular formula is C10H9NO2. The Kier molecular flexibility index (Phi) is 1.96. The topological polar surface area (TPSA) is 53.4 Å². The van der Waals surface area contributed by atoms with Crippen molar-refractivity contribution in [1.29, 1.82) is 0 Å². The number of pyridine rings is 1. The van der Waals surface area contributed by atoms with Crippen LogP contribution in [0.15, 0.2) is 36.5 Å². The van der Waals surface area contributed by atoms with Crippen LogP contribution < -0.4 is 0 Å². The average molecular weight is 175 g/mol. The number of aliphatic hydroxyl groups excluding tert-OH is 1. The van der Waals surface area contributed by atoms with Crippen LogP contribution >= 0.6 is 0 Å². The third-order valence-corrected chi connectivity index (χ3v) is 1.94. The highest BCUT2D eigenvalue weighted by Crippen LogP contribution is 2.20. The molecule has 3 heteroatoms. The lowest BCUT2D eigenvalue weighted by molar-refractivity contribution is -0.0414. The van der Waals surface area contributed by atoms with Gasteiger partial charge in [-0.15, -0.1) is 0 Å². The summed E-state index contributed by atoms with van der Waals surface area (Å²) in [7, 11) is 0. The summed E-state index contributed by atoms with van der Waals surface area (Å²) in [5, 5.41) is 19.0. The zero-order valence-electron chi connectivity index (χ0n) is 6.88. The fourth-order valence-electron chi connectivity index (χ4n) is 1.34. The molecule has 0 aliphatic rings. The predicted octanol–water partition coefficient (Wildman–Crippen LogP) is 1.22. The van der Waals surface area contributed by atoms with Crippen molar-refractivity contribution in [1.82, 2.24) is 4.98 Å². The van der Waals surface area contributed by atoms with Gasteiger partial charge in [-0.3, -0.25) is 4.98 Å². The van der Waals surface area contributed by atoms with Gasteiger partial charge >= 0.3 is 0 Å². The lowest BCUT2D eigenvalue weighted by Gasteiger charge is -2.06. The van der Waals surface area contributed by atoms with E-state index in [1.54, 1.807) is 18.3 Å². The molecule has 0 bridgehead atoms. The van der Waals surface area contributed by atoms with E-state index in [9.17, 15) is 0 Å². The highest BCUT2D eigenvalue weighted by molar-refractivity contribution is 5.81. The first kappa shape index (κ1) is 8.16. The number of aromatic nitrogens is 1. The van der Waals surface area contributed by atoms with Crippen LogP contribution in [-0.4, -0.2) is 15.2 Å². The molecular weight excluding hydrogens is 166 g/mol. The maximum absolute atomic E-state index is 9.04. The highest BCUT2D eigenvalue weighted by Gasteiger charge is 2.07. The molecule has 13 heavy (non-hydrogen) atoms. The van der Waals surface area contributed by atoms with Gasteiger partial charge in [0.05, 0.1) is 5.52 Å². The first-order chi connectivity index (χ1) is 6.29. The zero-order chi connectivity index (χ0) is 9.26. The number of rotatable bonds is 1. The SMILES string of the molecule is OC(O)c1cccc2cccnc12. The standard InChI is InChI=1S/C10H9NO2/c12-10(13)8-5-1-3-7-4-2-6-11-9(7)8/h1-6,10,12-13H. The van der Waals surface area contributed by atoms with Crippen LogP contribution in [0.5, 0.6) is 0 Å². The van der Waals surface area contributed by atoms with Crippen LogP contribution in [0.1, 0.15) is 11.9 Å². The van der Waals surface area contributed by atoms with Gasteiger partial charge in [-0.25, -0.2) is 0 Å². The molecule has 3 nitrogen and oxygen atoms in total. The zero-order valence-corrected chi connectivity index (χ0v) is 6.88. The van der Waals surface area contributed by atoms with Crippen molar-refractivity contribution in [2.45, 2.75) is 6.29 Å². The number of hydrogen-bond donors (Lipinski definition) is 2. The maximum Gasteiger partial charge on any atom is 0.180 e. The van der Waals surface area contributed by atoms with Crippen LogP contribution in [0.25, 0.3) is 10.9 Å². The number of benzene rings is 1. The summed E-state index contributed by atoms with van der Waals surface area (Å²) in [4.78, 5) is 4.08. The smallest absolute Gasteiger partial charge is 0.180 e. The number of fused-ring (bicyclic) bond motifs is 1. The fraction of sp³-hybridized carbons (Fsp3) is 0.100. The van der Waals surface area contributed by atoms with Crippen molar-refractivity contribution in [3.8, 4) is 0 Å². The van der Waals surface area contributed by atoms with Gasteiger partial charge in [0, 0.05) is 17.1 Å². The molecule has 2 aromatic rings. The molecule has 1 aromatic heterocycles. The van der Waals surface area contributed by atoms with E-state index in [2.05, 4.69) is 4.98 Å². The van der Waals surface area contributed by atoms with Gasteiger partial charge in [0.2, 0.25) is 0 Å². The Hall–Kier alpha value is -1.45. The van der Waals surface area contributed by atoms with Crippen LogP contribution in [0.4, 0.5) is 0 Å². The van der Waals surface area contributed by atoms with E-state index in [0.717, 1.165) is 5.39 Å². The predicted molar refractivity (Wildman–Crippen MR) is 48.9 cm³/mol. The van der Waals surface area contributed by atoms with Crippen molar-refractivity contribution in [3.05, 3.63) is 42.1 Å². The van der Waals surface area contributed by atoms with E-state index in [0.29, 0.717) is 11.1 Å². The molecule has 0 aliphatic heterocycles. The van der Waals surface area contributed by atoms with Crippen molar-refractivity contribution < 1.29 is 10.2 Å². The second-order valence-corrected chi connectivity index (χ2v) is 2.80. The highest BCUT2D eigenvalue weighted by atomic mass is 16.5. The summed E-state index contributed by atoms with van der Waals surface area (Å²) in [6, 6.07) is 9.01. The largest absolute Gasteiger partial charge is 0.364 e. The van der Waals surface area contributed by atoms with Gasteiger partial charge in [0.1, 0.15) is 0 Å². The average Bonchev–Trinajstić information content (AvgIpc) is 2.17. The minimum absolute atomic E-state index is 0.443. The summed E-state index contributed by atoms with van der Waals surface area (Å²) in [6.45, 7) is 0. The van der Waals surface area contributed by atoms with Gasteiger partial charge in [-0.1, -0.05) is 24.3 Å². The van der Waals surface area contributed by atoms with E-state index >= 15 is 0 Å². The van der Waals surface area contributed by atoms with E-state index in [1.807, 2.05) is 18.2 Å². The van der Waals surface area contributed by atoms with Crippen LogP contribution in [0.3, 0.4) is 0 Å². The first-order valence-electron chi connectivity index (χ1n) is 3.99. The molecule has 0 atom stereocenters. The Morgan fingerprint density at radius 2 is 1.85 bits per heavy atom. The quantitative estimate of drug-likeness (QED) is 0.641. The number of para-hydroxylation sites is 1. The summed E-state index contributed by atoms with van der Waals surface area (Å²) < 4.78 is 0. The van der Waals surface area contributed by atoms with Crippen LogP contribution in [0, 0.1) is 0 Å². The molecule has 0 amide bonds. The normalized spacial score (nSPS) is 11.0. The molecule has 66 valence electrons. The van der Waals surface area contributed by atoms with Crippen LogP contribution in [-0.2, 0) is 0 Å². The molecule has 1 heterocycles. The minimum Gasteiger partial charge on any atom is -0.364 e. The summed E-state index contributed by atoms with van der Waals surface area (Å²) >= 11 is 0. The maximum atomic E-state index is 9.04. The number of nitrogens with zero attached hydrogens (tertiary/aromatic N) is 1. The van der Waals surface area contributed by atoms with E-state index < -0.39 is 6.29 Å². The molecule has 0 fully saturated rings. The summed E-state index contributed by atoms with van der Waals surface area (Å²) in [5.41, 5.74) is 1.08. The molecule has 0 saturated heterocycles. The Morgan fingerprint density at radius 1 is 1.08 bits per heavy atom. The van der Waals surface area contributed by atoms with Crippen molar-refractivity contribution in [2.75, 3.05) is 0 Å². The summed E-state index contributed by atoms with van der Waals surface area (Å²) in [5.74, 6) is 0. The third-order valence-electron chi connectivity index (χ3n) is 1.94. The molecule has 0 spiro atoms. The van der Waals surface area contributed by atoms with E-state index in [-0.39, 0.29) is 0 Å². The monoisotopic (exact) mass is 175 g/mol. The van der Waals surface area contributed by atoms with E-state index in [1.165, 1.54) is 0 Å². The summed E-state index contributed by atoms with van der Waals surface area (Å²) in [6.07, 6.45) is 0.174. The fourth-order valence-corrected chi connectivity index (χ4v) is 1.34. The first-order valence-corrected chi connectivity index (χ1v) is 3.99.